The topological polar surface area (TPSA) is 63.6 Å². The number of hydrogen-bond acceptors (Lipinski definition) is 3. The van der Waals surface area contributed by atoms with E-state index in [9.17, 15) is 87.4 Å². The van der Waals surface area contributed by atoms with E-state index in [0.29, 0.717) is 0 Å². The average Bonchev–Trinajstić information content (AvgIpc) is 2.49. The standard InChI is InChI=1S/C9HClF18O4S/c10-8(24,25)5(19,20)3(15,16)1(11,12)2(13,14)4(17,18)7(23,32-33(29,30)31)6(21,22)9(26,27)28/h(H,29,30,31). The second-order valence-corrected chi connectivity index (χ2v) is 7.05. The van der Waals surface area contributed by atoms with Crippen LogP contribution in [0.5, 0.6) is 0 Å². The molecule has 0 fully saturated rings. The summed E-state index contributed by atoms with van der Waals surface area (Å²) in [5, 5.41) is -7.04. The fourth-order valence-electron chi connectivity index (χ4n) is 1.60. The van der Waals surface area contributed by atoms with E-state index in [4.69, 9.17) is 4.55 Å². The fraction of sp³-hybridized carbons (Fsp3) is 1.00. The van der Waals surface area contributed by atoms with Gasteiger partial charge in [0.05, 0.1) is 0 Å². The Hall–Kier alpha value is -1.10. The van der Waals surface area contributed by atoms with Gasteiger partial charge in [-0.1, -0.05) is 0 Å². The molecule has 0 aliphatic heterocycles. The minimum absolute atomic E-state index is 1.45. The van der Waals surface area contributed by atoms with Crippen LogP contribution in [0.15, 0.2) is 0 Å². The van der Waals surface area contributed by atoms with E-state index in [1.54, 1.807) is 0 Å². The van der Waals surface area contributed by atoms with Gasteiger partial charge in [0.15, 0.2) is 0 Å². The van der Waals surface area contributed by atoms with Crippen molar-refractivity contribution in [2.45, 2.75) is 52.9 Å². The molecule has 0 radical (unpaired) electrons. The molecule has 200 valence electrons. The Morgan fingerprint density at radius 2 is 0.788 bits per heavy atom. The quantitative estimate of drug-likeness (QED) is 0.216. The Bertz CT molecular complexity index is 844. The Balaban J connectivity index is 7.37. The first-order chi connectivity index (χ1) is 13.7. The molecule has 33 heavy (non-hydrogen) atoms. The van der Waals surface area contributed by atoms with Gasteiger partial charge in [-0.3, -0.25) is 4.55 Å². The van der Waals surface area contributed by atoms with Gasteiger partial charge in [-0.2, -0.15) is 91.6 Å². The van der Waals surface area contributed by atoms with Crippen molar-refractivity contribution in [3.05, 3.63) is 0 Å². The van der Waals surface area contributed by atoms with E-state index < -0.39 is 63.3 Å². The van der Waals surface area contributed by atoms with Crippen LogP contribution in [0, 0.1) is 0 Å². The normalized spacial score (nSPS) is 18.3. The fourth-order valence-corrected chi connectivity index (χ4v) is 2.22. The number of alkyl halides is 19. The second kappa shape index (κ2) is 7.70. The molecule has 0 aromatic heterocycles. The molecular formula is C9HClF18O4S. The van der Waals surface area contributed by atoms with Crippen LogP contribution in [0.25, 0.3) is 0 Å². The Morgan fingerprint density at radius 3 is 1.03 bits per heavy atom. The van der Waals surface area contributed by atoms with Crippen molar-refractivity contribution in [3.8, 4) is 0 Å². The van der Waals surface area contributed by atoms with Crippen LogP contribution in [0.2, 0.25) is 0 Å². The van der Waals surface area contributed by atoms with Gasteiger partial charge in [-0.25, -0.2) is 0 Å². The van der Waals surface area contributed by atoms with Crippen LogP contribution in [0.3, 0.4) is 0 Å². The zero-order valence-electron chi connectivity index (χ0n) is 13.8. The maximum atomic E-state index is 13.9. The van der Waals surface area contributed by atoms with E-state index in [1.165, 1.54) is 4.18 Å². The van der Waals surface area contributed by atoms with Crippen molar-refractivity contribution in [1.82, 2.24) is 0 Å². The SMILES string of the molecule is O=S(=O)(O)OC(F)(C(F)(F)C(F)(F)F)C(F)(F)C(F)(F)C(F)(F)C(F)(F)C(F)(F)C(F)(F)Cl. The van der Waals surface area contributed by atoms with Crippen molar-refractivity contribution < 1.29 is 96.2 Å². The van der Waals surface area contributed by atoms with Gasteiger partial charge < -0.3 is 0 Å². The zero-order valence-corrected chi connectivity index (χ0v) is 15.3. The Labute approximate surface area is 172 Å². The summed E-state index contributed by atoms with van der Waals surface area (Å²) in [4.78, 5) is 0. The van der Waals surface area contributed by atoms with Crippen LogP contribution in [0.4, 0.5) is 79.0 Å². The highest BCUT2D eigenvalue weighted by molar-refractivity contribution is 7.80. The van der Waals surface area contributed by atoms with E-state index >= 15 is 0 Å². The summed E-state index contributed by atoms with van der Waals surface area (Å²) < 4.78 is 264. The minimum Gasteiger partial charge on any atom is -0.263 e. The van der Waals surface area contributed by atoms with E-state index in [0.717, 1.165) is 0 Å². The van der Waals surface area contributed by atoms with Gasteiger partial charge in [-0.05, 0) is 11.6 Å². The van der Waals surface area contributed by atoms with Gasteiger partial charge in [0.25, 0.3) is 0 Å². The van der Waals surface area contributed by atoms with E-state index in [2.05, 4.69) is 11.6 Å². The molecule has 0 bridgehead atoms. The largest absolute Gasteiger partial charge is 0.459 e. The molecule has 1 atom stereocenters. The zero-order chi connectivity index (χ0) is 27.7. The molecule has 0 rings (SSSR count). The van der Waals surface area contributed by atoms with Crippen LogP contribution >= 0.6 is 11.6 Å². The van der Waals surface area contributed by atoms with Crippen molar-refractivity contribution in [2.24, 2.45) is 0 Å². The third-order valence-corrected chi connectivity index (χ3v) is 3.99. The summed E-state index contributed by atoms with van der Waals surface area (Å²) in [5.74, 6) is -60.7. The lowest BCUT2D eigenvalue weighted by Crippen LogP contribution is -2.77. The monoisotopic (exact) mass is 582 g/mol. The summed E-state index contributed by atoms with van der Waals surface area (Å²) in [5.41, 5.74) is 0. The first-order valence-electron chi connectivity index (χ1n) is 6.48. The predicted molar refractivity (Wildman–Crippen MR) is 63.0 cm³/mol. The number of rotatable bonds is 9. The number of hydrogen-bond donors (Lipinski definition) is 1. The van der Waals surface area contributed by atoms with Crippen LogP contribution < -0.4 is 0 Å². The lowest BCUT2D eigenvalue weighted by Gasteiger charge is -2.44. The molecule has 4 nitrogen and oxygen atoms in total. The molecule has 0 aromatic rings. The highest BCUT2D eigenvalue weighted by Crippen LogP contribution is 2.65. The molecular weight excluding hydrogens is 582 g/mol. The maximum absolute atomic E-state index is 13.9. The molecule has 0 aromatic carbocycles. The van der Waals surface area contributed by atoms with E-state index in [1.807, 2.05) is 0 Å². The molecule has 1 unspecified atom stereocenters. The van der Waals surface area contributed by atoms with Gasteiger partial charge in [0.1, 0.15) is 0 Å². The molecule has 0 saturated heterocycles. The van der Waals surface area contributed by atoms with Gasteiger partial charge in [0.2, 0.25) is 0 Å². The molecule has 0 heterocycles. The predicted octanol–water partition coefficient (Wildman–Crippen LogP) is 5.68. The van der Waals surface area contributed by atoms with Crippen molar-refractivity contribution in [1.29, 1.82) is 0 Å². The lowest BCUT2D eigenvalue weighted by atomic mass is 9.88. The molecule has 24 heteroatoms. The first kappa shape index (κ1) is 31.9. The summed E-state index contributed by atoms with van der Waals surface area (Å²) in [6.45, 7) is 0. The van der Waals surface area contributed by atoms with E-state index in [-0.39, 0.29) is 0 Å². The van der Waals surface area contributed by atoms with Gasteiger partial charge in [-0.15, -0.1) is 0 Å². The van der Waals surface area contributed by atoms with Crippen molar-refractivity contribution >= 4 is 22.0 Å². The molecule has 0 aliphatic rings. The van der Waals surface area contributed by atoms with Crippen LogP contribution in [-0.2, 0) is 14.6 Å². The Morgan fingerprint density at radius 1 is 0.515 bits per heavy atom. The molecule has 0 aliphatic carbocycles. The molecule has 0 spiro atoms. The van der Waals surface area contributed by atoms with Crippen LogP contribution in [0.1, 0.15) is 0 Å². The highest BCUT2D eigenvalue weighted by Gasteiger charge is 2.97. The maximum Gasteiger partial charge on any atom is 0.459 e. The van der Waals surface area contributed by atoms with Crippen molar-refractivity contribution in [2.75, 3.05) is 0 Å². The van der Waals surface area contributed by atoms with Gasteiger partial charge in [0, 0.05) is 0 Å². The minimum atomic E-state index is -9.07. The van der Waals surface area contributed by atoms with Gasteiger partial charge >= 0.3 is 63.3 Å². The molecule has 0 amide bonds. The van der Waals surface area contributed by atoms with Crippen molar-refractivity contribution in [3.63, 3.8) is 0 Å². The third-order valence-electron chi connectivity index (χ3n) is 3.32. The summed E-state index contributed by atoms with van der Waals surface area (Å²) in [6.07, 6.45) is -8.04. The average molecular weight is 583 g/mol. The molecule has 0 saturated carbocycles. The smallest absolute Gasteiger partial charge is 0.263 e. The summed E-state index contributed by atoms with van der Waals surface area (Å²) in [6, 6.07) is 0. The summed E-state index contributed by atoms with van der Waals surface area (Å²) in [7, 11) is -7.59. The lowest BCUT2D eigenvalue weighted by molar-refractivity contribution is -0.473. The highest BCUT2D eigenvalue weighted by atomic mass is 35.5. The second-order valence-electron chi connectivity index (χ2n) is 5.55. The number of halogens is 19. The Kier molecular flexibility index (Phi) is 7.44. The first-order valence-corrected chi connectivity index (χ1v) is 8.22. The molecule has 1 N–H and O–H groups in total. The summed E-state index contributed by atoms with van der Waals surface area (Å²) >= 11 is 3.28. The third kappa shape index (κ3) is 4.36. The van der Waals surface area contributed by atoms with Crippen LogP contribution in [-0.4, -0.2) is 65.9 Å².